The zero-order valence-electron chi connectivity index (χ0n) is 13.6. The fourth-order valence-corrected chi connectivity index (χ4v) is 3.69. The van der Waals surface area contributed by atoms with Gasteiger partial charge in [-0.25, -0.2) is 4.68 Å². The van der Waals surface area contributed by atoms with Crippen LogP contribution < -0.4 is 4.74 Å². The van der Waals surface area contributed by atoms with E-state index in [1.54, 1.807) is 10.9 Å². The Morgan fingerprint density at radius 1 is 1.04 bits per heavy atom. The van der Waals surface area contributed by atoms with E-state index in [4.69, 9.17) is 4.74 Å². The van der Waals surface area contributed by atoms with Crippen LogP contribution in [0.3, 0.4) is 0 Å². The highest BCUT2D eigenvalue weighted by Crippen LogP contribution is 2.20. The van der Waals surface area contributed by atoms with E-state index in [-0.39, 0.29) is 0 Å². The van der Waals surface area contributed by atoms with Gasteiger partial charge in [0, 0.05) is 28.1 Å². The predicted molar refractivity (Wildman–Crippen MR) is 96.7 cm³/mol. The minimum Gasteiger partial charge on any atom is -0.494 e. The van der Waals surface area contributed by atoms with Gasteiger partial charge in [0.25, 0.3) is 0 Å². The van der Waals surface area contributed by atoms with E-state index in [0.717, 1.165) is 22.6 Å². The van der Waals surface area contributed by atoms with Crippen molar-refractivity contribution in [2.45, 2.75) is 18.4 Å². The van der Waals surface area contributed by atoms with E-state index in [9.17, 15) is 4.21 Å². The molecule has 1 heterocycles. The summed E-state index contributed by atoms with van der Waals surface area (Å²) in [7, 11) is -1.01. The normalized spacial score (nSPS) is 12.0. The van der Waals surface area contributed by atoms with Crippen LogP contribution in [0.5, 0.6) is 5.75 Å². The SMILES string of the molecule is CCOc1ccccc1C[S@](=O)Cc1cnn(-c2ccccc2)c1. The number of ether oxygens (including phenoxy) is 1. The average Bonchev–Trinajstić information content (AvgIpc) is 3.06. The van der Waals surface area contributed by atoms with Gasteiger partial charge in [0.1, 0.15) is 5.75 Å². The molecule has 0 saturated heterocycles. The standard InChI is InChI=1S/C19H20N2O2S/c1-2-23-19-11-7-6-8-17(19)15-24(22)14-16-12-20-21(13-16)18-9-4-3-5-10-18/h3-13H,2,14-15H2,1H3/t24-/m1/s1. The van der Waals surface area contributed by atoms with Crippen LogP contribution in [-0.2, 0) is 22.3 Å². The molecule has 24 heavy (non-hydrogen) atoms. The Morgan fingerprint density at radius 2 is 1.79 bits per heavy atom. The van der Waals surface area contributed by atoms with Crippen molar-refractivity contribution in [3.05, 3.63) is 78.1 Å². The van der Waals surface area contributed by atoms with Gasteiger partial charge in [0.2, 0.25) is 0 Å². The Balaban J connectivity index is 1.67. The number of hydrogen-bond acceptors (Lipinski definition) is 3. The molecule has 3 rings (SSSR count). The highest BCUT2D eigenvalue weighted by molar-refractivity contribution is 7.83. The van der Waals surface area contributed by atoms with Crippen molar-refractivity contribution in [3.63, 3.8) is 0 Å². The number of hydrogen-bond donors (Lipinski definition) is 0. The molecule has 0 radical (unpaired) electrons. The first-order chi connectivity index (χ1) is 11.8. The lowest BCUT2D eigenvalue weighted by Gasteiger charge is -2.09. The Morgan fingerprint density at radius 3 is 2.58 bits per heavy atom. The van der Waals surface area contributed by atoms with Gasteiger partial charge in [-0.2, -0.15) is 5.10 Å². The summed E-state index contributed by atoms with van der Waals surface area (Å²) in [4.78, 5) is 0. The molecular weight excluding hydrogens is 320 g/mol. The summed E-state index contributed by atoms with van der Waals surface area (Å²) in [6.07, 6.45) is 3.71. The van der Waals surface area contributed by atoms with Gasteiger partial charge >= 0.3 is 0 Å². The van der Waals surface area contributed by atoms with Gasteiger partial charge in [-0.15, -0.1) is 0 Å². The van der Waals surface area contributed by atoms with Crippen LogP contribution in [0.1, 0.15) is 18.1 Å². The number of para-hydroxylation sites is 2. The van der Waals surface area contributed by atoms with Crippen molar-refractivity contribution in [3.8, 4) is 11.4 Å². The minimum absolute atomic E-state index is 0.479. The average molecular weight is 340 g/mol. The maximum absolute atomic E-state index is 12.5. The van der Waals surface area contributed by atoms with E-state index >= 15 is 0 Å². The zero-order chi connectivity index (χ0) is 16.8. The summed E-state index contributed by atoms with van der Waals surface area (Å²) >= 11 is 0. The minimum atomic E-state index is -1.01. The van der Waals surface area contributed by atoms with Gasteiger partial charge < -0.3 is 4.74 Å². The Kier molecular flexibility index (Phi) is 5.43. The highest BCUT2D eigenvalue weighted by Gasteiger charge is 2.10. The molecule has 0 spiro atoms. The second-order valence-corrected chi connectivity index (χ2v) is 6.85. The Bertz CT molecular complexity index is 815. The van der Waals surface area contributed by atoms with Gasteiger partial charge in [0.05, 0.1) is 30.0 Å². The molecule has 2 aromatic carbocycles. The lowest BCUT2D eigenvalue weighted by atomic mass is 10.2. The fraction of sp³-hybridized carbons (Fsp3) is 0.211. The van der Waals surface area contributed by atoms with E-state index in [2.05, 4.69) is 5.10 Å². The quantitative estimate of drug-likeness (QED) is 0.658. The van der Waals surface area contributed by atoms with Crippen molar-refractivity contribution < 1.29 is 8.95 Å². The molecular formula is C19H20N2O2S. The molecule has 0 aliphatic carbocycles. The van der Waals surface area contributed by atoms with Crippen molar-refractivity contribution >= 4 is 10.8 Å². The molecule has 5 heteroatoms. The summed E-state index contributed by atoms with van der Waals surface area (Å²) in [6, 6.07) is 17.7. The molecule has 0 saturated carbocycles. The molecule has 0 amide bonds. The molecule has 0 aliphatic rings. The first kappa shape index (κ1) is 16.5. The van der Waals surface area contributed by atoms with E-state index in [1.807, 2.05) is 67.7 Å². The fourth-order valence-electron chi connectivity index (χ4n) is 2.49. The highest BCUT2D eigenvalue weighted by atomic mass is 32.2. The second kappa shape index (κ2) is 7.93. The maximum Gasteiger partial charge on any atom is 0.123 e. The van der Waals surface area contributed by atoms with Crippen LogP contribution in [0.2, 0.25) is 0 Å². The summed E-state index contributed by atoms with van der Waals surface area (Å²) in [5.41, 5.74) is 2.94. The van der Waals surface area contributed by atoms with Crippen LogP contribution in [0, 0.1) is 0 Å². The van der Waals surface area contributed by atoms with Crippen molar-refractivity contribution in [1.82, 2.24) is 9.78 Å². The molecule has 0 unspecified atom stereocenters. The van der Waals surface area contributed by atoms with Crippen LogP contribution in [-0.4, -0.2) is 20.6 Å². The van der Waals surface area contributed by atoms with Crippen LogP contribution in [0.25, 0.3) is 5.69 Å². The first-order valence-electron chi connectivity index (χ1n) is 7.91. The molecule has 0 bridgehead atoms. The Labute approximate surface area is 144 Å². The number of nitrogens with zero attached hydrogens (tertiary/aromatic N) is 2. The number of benzene rings is 2. The summed E-state index contributed by atoms with van der Waals surface area (Å²) < 4.78 is 19.9. The van der Waals surface area contributed by atoms with Crippen molar-refractivity contribution in [2.75, 3.05) is 6.61 Å². The van der Waals surface area contributed by atoms with Crippen LogP contribution in [0.15, 0.2) is 67.0 Å². The molecule has 0 fully saturated rings. The second-order valence-electron chi connectivity index (χ2n) is 5.40. The number of aromatic nitrogens is 2. The summed E-state index contributed by atoms with van der Waals surface area (Å²) in [6.45, 7) is 2.55. The van der Waals surface area contributed by atoms with Crippen LogP contribution in [0.4, 0.5) is 0 Å². The third-order valence-corrected chi connectivity index (χ3v) is 4.86. The van der Waals surface area contributed by atoms with Gasteiger partial charge in [0.15, 0.2) is 0 Å². The lowest BCUT2D eigenvalue weighted by Crippen LogP contribution is -2.02. The molecule has 0 N–H and O–H groups in total. The maximum atomic E-state index is 12.5. The molecule has 1 aromatic heterocycles. The molecule has 1 atom stereocenters. The smallest absolute Gasteiger partial charge is 0.123 e. The predicted octanol–water partition coefficient (Wildman–Crippen LogP) is 3.72. The van der Waals surface area contributed by atoms with Gasteiger partial charge in [-0.1, -0.05) is 36.4 Å². The number of rotatable bonds is 7. The molecule has 0 aliphatic heterocycles. The Hall–Kier alpha value is -2.40. The monoisotopic (exact) mass is 340 g/mol. The van der Waals surface area contributed by atoms with Crippen molar-refractivity contribution in [1.29, 1.82) is 0 Å². The molecule has 4 nitrogen and oxygen atoms in total. The largest absolute Gasteiger partial charge is 0.494 e. The topological polar surface area (TPSA) is 44.1 Å². The van der Waals surface area contributed by atoms with E-state index in [1.165, 1.54) is 0 Å². The van der Waals surface area contributed by atoms with Crippen LogP contribution >= 0.6 is 0 Å². The summed E-state index contributed by atoms with van der Waals surface area (Å²) in [5.74, 6) is 1.77. The van der Waals surface area contributed by atoms with Gasteiger partial charge in [-0.05, 0) is 25.1 Å². The molecule has 3 aromatic rings. The first-order valence-corrected chi connectivity index (χ1v) is 9.39. The third kappa shape index (κ3) is 4.11. The van der Waals surface area contributed by atoms with E-state index in [0.29, 0.717) is 18.1 Å². The van der Waals surface area contributed by atoms with Crippen molar-refractivity contribution in [2.24, 2.45) is 0 Å². The van der Waals surface area contributed by atoms with Gasteiger partial charge in [-0.3, -0.25) is 4.21 Å². The lowest BCUT2D eigenvalue weighted by molar-refractivity contribution is 0.337. The zero-order valence-corrected chi connectivity index (χ0v) is 14.4. The third-order valence-electron chi connectivity index (χ3n) is 3.57. The summed E-state index contributed by atoms with van der Waals surface area (Å²) in [5, 5.41) is 4.35. The molecule has 124 valence electrons. The van der Waals surface area contributed by atoms with E-state index < -0.39 is 10.8 Å².